The second-order valence-electron chi connectivity index (χ2n) is 6.93. The topological polar surface area (TPSA) is 114 Å². The summed E-state index contributed by atoms with van der Waals surface area (Å²) in [4.78, 5) is 4.17. The highest BCUT2D eigenvalue weighted by molar-refractivity contribution is 5.67. The van der Waals surface area contributed by atoms with E-state index in [0.29, 0.717) is 5.89 Å². The summed E-state index contributed by atoms with van der Waals surface area (Å²) in [5.74, 6) is 0.499. The Hall–Kier alpha value is -3.42. The normalized spacial score (nSPS) is 12.0. The van der Waals surface area contributed by atoms with Crippen LogP contribution in [0.5, 0.6) is 5.75 Å². The number of alkyl halides is 3. The zero-order valence-corrected chi connectivity index (χ0v) is 15.1. The Bertz CT molecular complexity index is 1030. The molecule has 3 rings (SSSR count). The first-order valence-corrected chi connectivity index (χ1v) is 8.07. The summed E-state index contributed by atoms with van der Waals surface area (Å²) < 4.78 is 50.4. The molecule has 0 unspecified atom stereocenters. The number of nitriles is 1. The van der Waals surface area contributed by atoms with Gasteiger partial charge in [0.05, 0.1) is 5.56 Å². The van der Waals surface area contributed by atoms with E-state index in [4.69, 9.17) is 14.5 Å². The van der Waals surface area contributed by atoms with Gasteiger partial charge in [0.1, 0.15) is 17.5 Å². The molecule has 8 nitrogen and oxygen atoms in total. The van der Waals surface area contributed by atoms with Crippen molar-refractivity contribution in [2.75, 3.05) is 0 Å². The zero-order valence-electron chi connectivity index (χ0n) is 15.1. The van der Waals surface area contributed by atoms with Crippen LogP contribution in [0.2, 0.25) is 0 Å². The molecular formula is C17H15F3N6O2. The lowest BCUT2D eigenvalue weighted by atomic mass is 9.97. The summed E-state index contributed by atoms with van der Waals surface area (Å²) >= 11 is 0. The van der Waals surface area contributed by atoms with Crippen LogP contribution in [0, 0.1) is 11.3 Å². The number of hydrogen-bond acceptors (Lipinski definition) is 7. The molecule has 11 heteroatoms. The molecule has 1 aromatic carbocycles. The molecule has 28 heavy (non-hydrogen) atoms. The van der Waals surface area contributed by atoms with Crippen molar-refractivity contribution >= 4 is 0 Å². The van der Waals surface area contributed by atoms with Gasteiger partial charge >= 0.3 is 6.18 Å². The van der Waals surface area contributed by atoms with Crippen molar-refractivity contribution < 1.29 is 22.4 Å². The fourth-order valence-corrected chi connectivity index (χ4v) is 2.26. The number of aromatic nitrogens is 5. The van der Waals surface area contributed by atoms with Crippen molar-refractivity contribution in [1.29, 1.82) is 5.26 Å². The molecule has 0 saturated heterocycles. The van der Waals surface area contributed by atoms with Crippen molar-refractivity contribution in [2.24, 2.45) is 0 Å². The Morgan fingerprint density at radius 3 is 2.54 bits per heavy atom. The molecule has 0 bridgehead atoms. The van der Waals surface area contributed by atoms with Crippen LogP contribution in [0.25, 0.3) is 11.3 Å². The third-order valence-corrected chi connectivity index (χ3v) is 3.64. The lowest BCUT2D eigenvalue weighted by Crippen LogP contribution is -2.11. The standard InChI is InChI=1S/C17H15F3N6O2/c1-16(2,3)15-22-13(25-28-15)8-27-11-5-9(4-10(6-11)17(18,19)20)14-12(7-21)23-26-24-14/h4-6H,8H2,1-3H3,(H,23,24,26). The van der Waals surface area contributed by atoms with E-state index in [9.17, 15) is 13.2 Å². The second kappa shape index (κ2) is 6.95. The van der Waals surface area contributed by atoms with Crippen molar-refractivity contribution in [3.8, 4) is 23.1 Å². The maximum Gasteiger partial charge on any atom is 0.416 e. The number of ether oxygens (including phenoxy) is 1. The average molecular weight is 392 g/mol. The van der Waals surface area contributed by atoms with Gasteiger partial charge in [0.15, 0.2) is 12.3 Å². The van der Waals surface area contributed by atoms with Gasteiger partial charge in [0.25, 0.3) is 0 Å². The molecule has 0 spiro atoms. The highest BCUT2D eigenvalue weighted by atomic mass is 19.4. The van der Waals surface area contributed by atoms with Crippen LogP contribution in [0.1, 0.15) is 43.7 Å². The summed E-state index contributed by atoms with van der Waals surface area (Å²) in [5.41, 5.74) is -1.41. The van der Waals surface area contributed by atoms with Crippen molar-refractivity contribution in [3.63, 3.8) is 0 Å². The minimum Gasteiger partial charge on any atom is -0.485 e. The van der Waals surface area contributed by atoms with Crippen molar-refractivity contribution in [2.45, 2.75) is 39.0 Å². The third kappa shape index (κ3) is 4.11. The van der Waals surface area contributed by atoms with Gasteiger partial charge in [-0.1, -0.05) is 25.9 Å². The van der Waals surface area contributed by atoms with Gasteiger partial charge in [-0.3, -0.25) is 0 Å². The van der Waals surface area contributed by atoms with Crippen LogP contribution in [-0.2, 0) is 18.2 Å². The molecule has 0 saturated carbocycles. The number of halogens is 3. The van der Waals surface area contributed by atoms with E-state index in [-0.39, 0.29) is 40.5 Å². The van der Waals surface area contributed by atoms with Crippen LogP contribution < -0.4 is 4.74 Å². The Labute approximate surface area is 157 Å². The third-order valence-electron chi connectivity index (χ3n) is 3.64. The van der Waals surface area contributed by atoms with E-state index in [1.807, 2.05) is 20.8 Å². The lowest BCUT2D eigenvalue weighted by Gasteiger charge is -2.12. The SMILES string of the molecule is CC(C)(C)c1nc(COc2cc(-c3n[nH]nc3C#N)cc(C(F)(F)F)c2)no1. The summed E-state index contributed by atoms with van der Waals surface area (Å²) in [7, 11) is 0. The molecule has 2 heterocycles. The average Bonchev–Trinajstić information content (AvgIpc) is 3.27. The molecule has 0 aliphatic rings. The maximum atomic E-state index is 13.3. The first-order valence-electron chi connectivity index (χ1n) is 8.07. The highest BCUT2D eigenvalue weighted by Crippen LogP contribution is 2.36. The van der Waals surface area contributed by atoms with Gasteiger partial charge in [0, 0.05) is 11.0 Å². The van der Waals surface area contributed by atoms with E-state index < -0.39 is 11.7 Å². The Morgan fingerprint density at radius 2 is 1.93 bits per heavy atom. The number of hydrogen-bond donors (Lipinski definition) is 1. The van der Waals surface area contributed by atoms with Gasteiger partial charge in [-0.15, -0.1) is 5.10 Å². The van der Waals surface area contributed by atoms with E-state index in [2.05, 4.69) is 25.6 Å². The smallest absolute Gasteiger partial charge is 0.416 e. The van der Waals surface area contributed by atoms with Gasteiger partial charge in [0.2, 0.25) is 11.7 Å². The summed E-state index contributed by atoms with van der Waals surface area (Å²) in [5, 5.41) is 22.4. The number of nitrogens with one attached hydrogen (secondary N) is 1. The molecule has 0 aliphatic heterocycles. The fraction of sp³-hybridized carbons (Fsp3) is 0.353. The Kier molecular flexibility index (Phi) is 4.80. The lowest BCUT2D eigenvalue weighted by molar-refractivity contribution is -0.137. The molecule has 146 valence electrons. The molecule has 0 aliphatic carbocycles. The zero-order chi connectivity index (χ0) is 20.5. The summed E-state index contributed by atoms with van der Waals surface area (Å²) in [6.07, 6.45) is -4.61. The van der Waals surface area contributed by atoms with Gasteiger partial charge in [-0.05, 0) is 18.2 Å². The first kappa shape index (κ1) is 19.3. The van der Waals surface area contributed by atoms with Crippen molar-refractivity contribution in [1.82, 2.24) is 25.6 Å². The van der Waals surface area contributed by atoms with E-state index >= 15 is 0 Å². The van der Waals surface area contributed by atoms with Gasteiger partial charge in [-0.2, -0.15) is 33.7 Å². The number of benzene rings is 1. The quantitative estimate of drug-likeness (QED) is 0.721. The molecule has 0 atom stereocenters. The minimum atomic E-state index is -4.61. The highest BCUT2D eigenvalue weighted by Gasteiger charge is 2.32. The number of nitrogens with zero attached hydrogens (tertiary/aromatic N) is 5. The maximum absolute atomic E-state index is 13.3. The molecular weight excluding hydrogens is 377 g/mol. The first-order chi connectivity index (χ1) is 13.1. The largest absolute Gasteiger partial charge is 0.485 e. The van der Waals surface area contributed by atoms with Crippen LogP contribution in [0.3, 0.4) is 0 Å². The van der Waals surface area contributed by atoms with Crippen LogP contribution in [-0.4, -0.2) is 25.6 Å². The Balaban J connectivity index is 1.91. The molecule has 3 aromatic rings. The molecule has 0 fully saturated rings. The molecule has 0 radical (unpaired) electrons. The van der Waals surface area contributed by atoms with Crippen LogP contribution in [0.15, 0.2) is 22.7 Å². The van der Waals surface area contributed by atoms with Crippen molar-refractivity contribution in [3.05, 3.63) is 41.2 Å². The molecule has 0 amide bonds. The van der Waals surface area contributed by atoms with Gasteiger partial charge in [-0.25, -0.2) is 0 Å². The second-order valence-corrected chi connectivity index (χ2v) is 6.93. The monoisotopic (exact) mass is 392 g/mol. The number of H-pyrrole nitrogens is 1. The number of aromatic amines is 1. The van der Waals surface area contributed by atoms with E-state index in [1.54, 1.807) is 6.07 Å². The predicted octanol–water partition coefficient (Wildman–Crippen LogP) is 3.62. The summed E-state index contributed by atoms with van der Waals surface area (Å²) in [6.45, 7) is 5.46. The number of rotatable bonds is 4. The molecule has 2 aromatic heterocycles. The summed E-state index contributed by atoms with van der Waals surface area (Å²) in [6, 6.07) is 4.82. The van der Waals surface area contributed by atoms with Crippen LogP contribution >= 0.6 is 0 Å². The fourth-order valence-electron chi connectivity index (χ4n) is 2.26. The predicted molar refractivity (Wildman–Crippen MR) is 88.9 cm³/mol. The Morgan fingerprint density at radius 1 is 1.18 bits per heavy atom. The van der Waals surface area contributed by atoms with Gasteiger partial charge < -0.3 is 9.26 Å². The molecule has 1 N–H and O–H groups in total. The minimum absolute atomic E-state index is 0.00645. The van der Waals surface area contributed by atoms with Crippen LogP contribution in [0.4, 0.5) is 13.2 Å². The van der Waals surface area contributed by atoms with E-state index in [1.165, 1.54) is 6.07 Å². The van der Waals surface area contributed by atoms with E-state index in [0.717, 1.165) is 12.1 Å².